The molecule has 168 valence electrons. The number of hydrazone groups is 1. The smallest absolute Gasteiger partial charge is 0.203 e. The molecule has 0 bridgehead atoms. The maximum absolute atomic E-state index is 4.70. The van der Waals surface area contributed by atoms with Gasteiger partial charge in [-0.3, -0.25) is 5.43 Å². The largest absolute Gasteiger partial charge is 0.309 e. The summed E-state index contributed by atoms with van der Waals surface area (Å²) in [7, 11) is 0. The maximum Gasteiger partial charge on any atom is 0.203 e. The second kappa shape index (κ2) is 9.41. The van der Waals surface area contributed by atoms with E-state index in [0.29, 0.717) is 0 Å². The lowest BCUT2D eigenvalue weighted by molar-refractivity contribution is 1.13. The van der Waals surface area contributed by atoms with Gasteiger partial charge >= 0.3 is 0 Å². The minimum absolute atomic E-state index is 0.758. The fourth-order valence-electron chi connectivity index (χ4n) is 4.34. The van der Waals surface area contributed by atoms with Gasteiger partial charge in [-0.2, -0.15) is 5.10 Å². The van der Waals surface area contributed by atoms with E-state index in [1.165, 1.54) is 0 Å². The number of aromatic nitrogens is 2. The minimum Gasteiger partial charge on any atom is -0.309 e. The molecule has 6 aromatic rings. The number of para-hydroxylation sites is 2. The molecule has 0 saturated carbocycles. The van der Waals surface area contributed by atoms with Gasteiger partial charge in [0.1, 0.15) is 0 Å². The average molecular weight is 471 g/mol. The van der Waals surface area contributed by atoms with E-state index >= 15 is 0 Å². The summed E-state index contributed by atoms with van der Waals surface area (Å²) in [6.07, 6.45) is 1.91. The number of hydrogen-bond donors (Lipinski definition) is 1. The summed E-state index contributed by atoms with van der Waals surface area (Å²) >= 11 is 1.54. The second-order valence-corrected chi connectivity index (χ2v) is 8.95. The predicted molar refractivity (Wildman–Crippen MR) is 147 cm³/mol. The summed E-state index contributed by atoms with van der Waals surface area (Å²) in [5, 5.41) is 8.57. The van der Waals surface area contributed by atoms with Crippen LogP contribution in [0.2, 0.25) is 0 Å². The number of anilines is 1. The van der Waals surface area contributed by atoms with E-state index in [4.69, 9.17) is 4.98 Å². The molecule has 0 aliphatic carbocycles. The van der Waals surface area contributed by atoms with Gasteiger partial charge in [-0.1, -0.05) is 97.1 Å². The third-order valence-electron chi connectivity index (χ3n) is 5.90. The van der Waals surface area contributed by atoms with Gasteiger partial charge in [0.05, 0.1) is 23.1 Å². The van der Waals surface area contributed by atoms with Gasteiger partial charge in [0.25, 0.3) is 0 Å². The summed E-state index contributed by atoms with van der Waals surface area (Å²) < 4.78 is 2.31. The van der Waals surface area contributed by atoms with E-state index in [0.717, 1.165) is 49.8 Å². The van der Waals surface area contributed by atoms with Crippen molar-refractivity contribution in [1.82, 2.24) is 9.55 Å². The van der Waals surface area contributed by atoms with Crippen LogP contribution in [-0.4, -0.2) is 15.8 Å². The Balaban J connectivity index is 1.44. The summed E-state index contributed by atoms with van der Waals surface area (Å²) in [6.45, 7) is 0. The molecule has 6 rings (SSSR count). The molecule has 0 unspecified atom stereocenters. The molecule has 0 atom stereocenters. The highest BCUT2D eigenvalue weighted by atomic mass is 32.1. The van der Waals surface area contributed by atoms with Crippen LogP contribution < -0.4 is 5.43 Å². The number of benzene rings is 4. The average Bonchev–Trinajstić information content (AvgIpc) is 3.53. The number of hydrogen-bond acceptors (Lipinski definition) is 4. The molecule has 1 N–H and O–H groups in total. The quantitative estimate of drug-likeness (QED) is 0.199. The molecule has 4 aromatic carbocycles. The third-order valence-corrected chi connectivity index (χ3v) is 6.65. The van der Waals surface area contributed by atoms with Crippen molar-refractivity contribution in [3.8, 4) is 28.2 Å². The lowest BCUT2D eigenvalue weighted by atomic mass is 10.1. The maximum atomic E-state index is 4.70. The van der Waals surface area contributed by atoms with Crippen molar-refractivity contribution in [3.05, 3.63) is 126 Å². The zero-order valence-corrected chi connectivity index (χ0v) is 19.7. The van der Waals surface area contributed by atoms with Crippen LogP contribution in [0.25, 0.3) is 39.1 Å². The first kappa shape index (κ1) is 21.1. The number of thiazole rings is 1. The second-order valence-electron chi connectivity index (χ2n) is 8.09. The Labute approximate surface area is 207 Å². The van der Waals surface area contributed by atoms with Gasteiger partial charge in [-0.05, 0) is 23.8 Å². The molecule has 2 aromatic heterocycles. The van der Waals surface area contributed by atoms with Gasteiger partial charge < -0.3 is 4.57 Å². The SMILES string of the molecule is C(=N/Nc1nc(-c2ccccc2)cs1)/c1c(-c2ccccc2)n(-c2ccccc2)c2ccccc12. The number of fused-ring (bicyclic) bond motifs is 1. The lowest BCUT2D eigenvalue weighted by Crippen LogP contribution is -1.98. The van der Waals surface area contributed by atoms with Crippen LogP contribution in [-0.2, 0) is 0 Å². The van der Waals surface area contributed by atoms with Crippen molar-refractivity contribution in [2.75, 3.05) is 5.43 Å². The highest BCUT2D eigenvalue weighted by Crippen LogP contribution is 2.35. The van der Waals surface area contributed by atoms with Gasteiger partial charge in [-0.25, -0.2) is 4.98 Å². The van der Waals surface area contributed by atoms with Gasteiger partial charge in [-0.15, -0.1) is 11.3 Å². The molecule has 0 aliphatic heterocycles. The molecule has 5 heteroatoms. The predicted octanol–water partition coefficient (Wildman–Crippen LogP) is 7.87. The third kappa shape index (κ3) is 4.14. The molecular formula is C30H22N4S. The number of rotatable bonds is 6. The Hall–Kier alpha value is -4.48. The van der Waals surface area contributed by atoms with Gasteiger partial charge in [0.15, 0.2) is 0 Å². The monoisotopic (exact) mass is 470 g/mol. The standard InChI is InChI=1S/C30H22N4S/c1-4-12-22(13-5-1)27-21-35-30(32-27)33-31-20-26-25-18-10-11-19-28(25)34(24-16-8-3-9-17-24)29(26)23-14-6-2-7-15-23/h1-21H,(H,32,33)/b31-20-. The molecular weight excluding hydrogens is 448 g/mol. The van der Waals surface area contributed by atoms with Crippen LogP contribution in [0.5, 0.6) is 0 Å². The summed E-state index contributed by atoms with van der Waals surface area (Å²) in [5.74, 6) is 0. The van der Waals surface area contributed by atoms with Crippen LogP contribution in [0, 0.1) is 0 Å². The van der Waals surface area contributed by atoms with Crippen LogP contribution >= 0.6 is 11.3 Å². The minimum atomic E-state index is 0.758. The van der Waals surface area contributed by atoms with E-state index in [9.17, 15) is 0 Å². The number of nitrogens with zero attached hydrogens (tertiary/aromatic N) is 3. The Morgan fingerprint density at radius 3 is 2.09 bits per heavy atom. The highest BCUT2D eigenvalue weighted by Gasteiger charge is 2.18. The summed E-state index contributed by atoms with van der Waals surface area (Å²) in [6, 6.07) is 39.6. The molecule has 35 heavy (non-hydrogen) atoms. The van der Waals surface area contributed by atoms with Crippen LogP contribution in [0.4, 0.5) is 5.13 Å². The Morgan fingerprint density at radius 1 is 0.714 bits per heavy atom. The van der Waals surface area contributed by atoms with Crippen LogP contribution in [0.3, 0.4) is 0 Å². The van der Waals surface area contributed by atoms with Crippen LogP contribution in [0.1, 0.15) is 5.56 Å². The zero-order valence-electron chi connectivity index (χ0n) is 18.9. The first-order valence-corrected chi connectivity index (χ1v) is 12.3. The van der Waals surface area contributed by atoms with Gasteiger partial charge in [0.2, 0.25) is 5.13 Å². The summed E-state index contributed by atoms with van der Waals surface area (Å²) in [4.78, 5) is 4.70. The summed E-state index contributed by atoms with van der Waals surface area (Å²) in [5.41, 5.74) is 10.7. The normalized spacial score (nSPS) is 11.3. The fourth-order valence-corrected chi connectivity index (χ4v) is 5.01. The van der Waals surface area contributed by atoms with E-state index in [-0.39, 0.29) is 0 Å². The van der Waals surface area contributed by atoms with E-state index in [2.05, 4.69) is 100 Å². The van der Waals surface area contributed by atoms with Crippen molar-refractivity contribution in [3.63, 3.8) is 0 Å². The van der Waals surface area contributed by atoms with Crippen molar-refractivity contribution in [1.29, 1.82) is 0 Å². The molecule has 0 amide bonds. The molecule has 0 aliphatic rings. The Morgan fingerprint density at radius 2 is 1.34 bits per heavy atom. The van der Waals surface area contributed by atoms with Crippen molar-refractivity contribution in [2.24, 2.45) is 5.10 Å². The first-order chi connectivity index (χ1) is 17.4. The molecule has 2 heterocycles. The first-order valence-electron chi connectivity index (χ1n) is 11.4. The van der Waals surface area contributed by atoms with E-state index < -0.39 is 0 Å². The molecule has 0 radical (unpaired) electrons. The van der Waals surface area contributed by atoms with Crippen molar-refractivity contribution < 1.29 is 0 Å². The zero-order chi connectivity index (χ0) is 23.5. The molecule has 0 spiro atoms. The van der Waals surface area contributed by atoms with E-state index in [1.807, 2.05) is 41.9 Å². The number of nitrogens with one attached hydrogen (secondary N) is 1. The molecule has 4 nitrogen and oxygen atoms in total. The lowest BCUT2D eigenvalue weighted by Gasteiger charge is -2.12. The Bertz CT molecular complexity index is 1600. The van der Waals surface area contributed by atoms with Crippen molar-refractivity contribution in [2.45, 2.75) is 0 Å². The van der Waals surface area contributed by atoms with Crippen LogP contribution in [0.15, 0.2) is 126 Å². The molecule has 0 saturated heterocycles. The Kier molecular flexibility index (Phi) is 5.67. The molecule has 0 fully saturated rings. The highest BCUT2D eigenvalue weighted by molar-refractivity contribution is 7.14. The van der Waals surface area contributed by atoms with Gasteiger partial charge in [0, 0.05) is 27.6 Å². The topological polar surface area (TPSA) is 42.2 Å². The van der Waals surface area contributed by atoms with E-state index in [1.54, 1.807) is 11.3 Å². The fraction of sp³-hybridized carbons (Fsp3) is 0. The van der Waals surface area contributed by atoms with Crippen molar-refractivity contribution >= 4 is 33.6 Å².